The van der Waals surface area contributed by atoms with Gasteiger partial charge in [-0.1, -0.05) is 12.2 Å². The summed E-state index contributed by atoms with van der Waals surface area (Å²) in [4.78, 5) is 10.6. The minimum absolute atomic E-state index is 0.415. The maximum absolute atomic E-state index is 10.6. The molecule has 4 heteroatoms. The van der Waals surface area contributed by atoms with Gasteiger partial charge >= 0.3 is 6.09 Å². The van der Waals surface area contributed by atoms with Crippen molar-refractivity contribution in [3.63, 3.8) is 0 Å². The van der Waals surface area contributed by atoms with Crippen LogP contribution < -0.4 is 5.48 Å². The molecule has 1 amide bonds. The molecular formula is C9H13NO3. The minimum Gasteiger partial charge on any atom is -0.448 e. The van der Waals surface area contributed by atoms with E-state index < -0.39 is 6.09 Å². The first-order valence-electron chi connectivity index (χ1n) is 4.55. The van der Waals surface area contributed by atoms with E-state index in [4.69, 9.17) is 9.94 Å². The fourth-order valence-corrected chi connectivity index (χ4v) is 2.30. The number of ether oxygens (including phenoxy) is 1. The summed E-state index contributed by atoms with van der Waals surface area (Å²) in [6.07, 6.45) is 6.01. The Bertz CT molecular complexity index is 239. The molecule has 0 heterocycles. The molecule has 2 rings (SSSR count). The molecule has 0 radical (unpaired) electrons. The lowest BCUT2D eigenvalue weighted by Gasteiger charge is -2.17. The summed E-state index contributed by atoms with van der Waals surface area (Å²) in [6, 6.07) is 0. The van der Waals surface area contributed by atoms with Gasteiger partial charge in [0.2, 0.25) is 0 Å². The number of amides is 1. The number of hydrogen-bond donors (Lipinski definition) is 2. The molecule has 0 aliphatic heterocycles. The summed E-state index contributed by atoms with van der Waals surface area (Å²) in [5, 5.41) is 8.20. The zero-order chi connectivity index (χ0) is 9.26. The van der Waals surface area contributed by atoms with Gasteiger partial charge in [-0.15, -0.1) is 0 Å². The molecule has 1 saturated carbocycles. The first-order chi connectivity index (χ1) is 6.29. The fourth-order valence-electron chi connectivity index (χ4n) is 2.30. The number of allylic oxidation sites excluding steroid dienone is 2. The van der Waals surface area contributed by atoms with Crippen LogP contribution in [0, 0.1) is 17.8 Å². The molecule has 0 saturated heterocycles. The smallest absolute Gasteiger partial charge is 0.431 e. The van der Waals surface area contributed by atoms with Gasteiger partial charge in [0, 0.05) is 5.92 Å². The molecule has 0 aromatic heterocycles. The van der Waals surface area contributed by atoms with Crippen LogP contribution in [0.4, 0.5) is 4.79 Å². The van der Waals surface area contributed by atoms with Crippen molar-refractivity contribution in [1.29, 1.82) is 0 Å². The molecule has 2 N–H and O–H groups in total. The molecule has 3 unspecified atom stereocenters. The van der Waals surface area contributed by atoms with Gasteiger partial charge < -0.3 is 4.74 Å². The van der Waals surface area contributed by atoms with E-state index in [1.807, 2.05) is 0 Å². The fraction of sp³-hybridized carbons (Fsp3) is 0.667. The molecule has 4 nitrogen and oxygen atoms in total. The number of fused-ring (bicyclic) bond motifs is 2. The molecule has 72 valence electrons. The van der Waals surface area contributed by atoms with Gasteiger partial charge in [0.25, 0.3) is 0 Å². The van der Waals surface area contributed by atoms with E-state index in [0.29, 0.717) is 24.4 Å². The van der Waals surface area contributed by atoms with Crippen molar-refractivity contribution in [1.82, 2.24) is 5.48 Å². The van der Waals surface area contributed by atoms with Crippen molar-refractivity contribution in [2.24, 2.45) is 17.8 Å². The lowest BCUT2D eigenvalue weighted by Crippen LogP contribution is -2.24. The zero-order valence-corrected chi connectivity index (χ0v) is 7.27. The normalized spacial score (nSPS) is 35.0. The highest BCUT2D eigenvalue weighted by molar-refractivity contribution is 5.65. The highest BCUT2D eigenvalue weighted by Crippen LogP contribution is 2.43. The van der Waals surface area contributed by atoms with E-state index in [9.17, 15) is 4.79 Å². The quantitative estimate of drug-likeness (QED) is 0.385. The Balaban J connectivity index is 1.78. The molecule has 0 aromatic carbocycles. The largest absolute Gasteiger partial charge is 0.448 e. The lowest BCUT2D eigenvalue weighted by molar-refractivity contribution is 0.0741. The third kappa shape index (κ3) is 1.67. The highest BCUT2D eigenvalue weighted by Gasteiger charge is 2.36. The third-order valence-electron chi connectivity index (χ3n) is 2.94. The van der Waals surface area contributed by atoms with Crippen molar-refractivity contribution in [3.8, 4) is 0 Å². The van der Waals surface area contributed by atoms with E-state index in [1.54, 1.807) is 0 Å². The van der Waals surface area contributed by atoms with Crippen LogP contribution in [0.25, 0.3) is 0 Å². The summed E-state index contributed by atoms with van der Waals surface area (Å²) in [5.41, 5.74) is 1.45. The van der Waals surface area contributed by atoms with Crippen LogP contribution in [0.1, 0.15) is 12.8 Å². The highest BCUT2D eigenvalue weighted by atomic mass is 16.6. The van der Waals surface area contributed by atoms with Gasteiger partial charge in [0.15, 0.2) is 0 Å². The number of nitrogens with one attached hydrogen (secondary N) is 1. The number of carbonyl (C=O) groups is 1. The van der Waals surface area contributed by atoms with Gasteiger partial charge in [0.05, 0.1) is 6.61 Å². The number of hydrogen-bond acceptors (Lipinski definition) is 3. The van der Waals surface area contributed by atoms with Crippen molar-refractivity contribution in [2.75, 3.05) is 6.61 Å². The first-order valence-corrected chi connectivity index (χ1v) is 4.55. The van der Waals surface area contributed by atoms with Gasteiger partial charge in [-0.05, 0) is 24.7 Å². The maximum atomic E-state index is 10.6. The average Bonchev–Trinajstić information content (AvgIpc) is 2.74. The Morgan fingerprint density at radius 2 is 2.38 bits per heavy atom. The van der Waals surface area contributed by atoms with Crippen LogP contribution >= 0.6 is 0 Å². The molecule has 2 aliphatic carbocycles. The van der Waals surface area contributed by atoms with Crippen LogP contribution in [-0.4, -0.2) is 17.9 Å². The van der Waals surface area contributed by atoms with Gasteiger partial charge in [-0.25, -0.2) is 10.3 Å². The summed E-state index contributed by atoms with van der Waals surface area (Å²) < 4.78 is 4.79. The van der Waals surface area contributed by atoms with Gasteiger partial charge in [0.1, 0.15) is 0 Å². The van der Waals surface area contributed by atoms with Crippen LogP contribution in [0.15, 0.2) is 12.2 Å². The van der Waals surface area contributed by atoms with Gasteiger partial charge in [-0.3, -0.25) is 5.21 Å². The Labute approximate surface area is 76.5 Å². The predicted octanol–water partition coefficient (Wildman–Crippen LogP) is 1.31. The molecular weight excluding hydrogens is 170 g/mol. The Hall–Kier alpha value is -1.03. The number of carbonyl (C=O) groups excluding carboxylic acids is 1. The molecule has 13 heavy (non-hydrogen) atoms. The summed E-state index contributed by atoms with van der Waals surface area (Å²) in [7, 11) is 0. The summed E-state index contributed by atoms with van der Waals surface area (Å²) in [6.45, 7) is 0.415. The lowest BCUT2D eigenvalue weighted by atomic mass is 9.95. The first kappa shape index (κ1) is 8.56. The van der Waals surface area contributed by atoms with Crippen molar-refractivity contribution >= 4 is 6.09 Å². The molecule has 2 aliphatic rings. The molecule has 3 atom stereocenters. The van der Waals surface area contributed by atoms with Crippen molar-refractivity contribution in [2.45, 2.75) is 12.8 Å². The summed E-state index contributed by atoms with van der Waals surface area (Å²) >= 11 is 0. The van der Waals surface area contributed by atoms with Crippen LogP contribution in [0.5, 0.6) is 0 Å². The topological polar surface area (TPSA) is 58.6 Å². The number of rotatable bonds is 2. The van der Waals surface area contributed by atoms with Crippen LogP contribution in [-0.2, 0) is 4.74 Å². The van der Waals surface area contributed by atoms with Crippen LogP contribution in [0.2, 0.25) is 0 Å². The van der Waals surface area contributed by atoms with Gasteiger partial charge in [-0.2, -0.15) is 0 Å². The van der Waals surface area contributed by atoms with Crippen molar-refractivity contribution in [3.05, 3.63) is 12.2 Å². The van der Waals surface area contributed by atoms with E-state index in [0.717, 1.165) is 6.42 Å². The minimum atomic E-state index is -0.758. The Morgan fingerprint density at radius 1 is 1.54 bits per heavy atom. The Morgan fingerprint density at radius 3 is 2.92 bits per heavy atom. The monoisotopic (exact) mass is 183 g/mol. The standard InChI is InChI=1S/C9H13NO3/c11-9(10-12)13-5-8-4-6-1-2-7(8)3-6/h1-2,6-8,12H,3-5H2,(H,10,11). The third-order valence-corrected chi connectivity index (χ3v) is 2.94. The second-order valence-corrected chi connectivity index (χ2v) is 3.75. The predicted molar refractivity (Wildman–Crippen MR) is 45.1 cm³/mol. The zero-order valence-electron chi connectivity index (χ0n) is 7.27. The summed E-state index contributed by atoms with van der Waals surface area (Å²) in [5.74, 6) is 1.72. The Kier molecular flexibility index (Phi) is 2.22. The molecule has 0 aromatic rings. The van der Waals surface area contributed by atoms with E-state index in [2.05, 4.69) is 12.2 Å². The maximum Gasteiger partial charge on any atom is 0.431 e. The molecule has 2 bridgehead atoms. The van der Waals surface area contributed by atoms with E-state index in [-0.39, 0.29) is 0 Å². The van der Waals surface area contributed by atoms with Crippen LogP contribution in [0.3, 0.4) is 0 Å². The van der Waals surface area contributed by atoms with E-state index in [1.165, 1.54) is 11.9 Å². The molecule has 0 spiro atoms. The second-order valence-electron chi connectivity index (χ2n) is 3.75. The molecule has 1 fully saturated rings. The SMILES string of the molecule is O=C(NO)OCC1CC2C=CC1C2. The average molecular weight is 183 g/mol. The van der Waals surface area contributed by atoms with Crippen molar-refractivity contribution < 1.29 is 14.7 Å². The second kappa shape index (κ2) is 3.38. The van der Waals surface area contributed by atoms with E-state index >= 15 is 0 Å². The number of hydroxylamine groups is 1.